The van der Waals surface area contributed by atoms with E-state index in [9.17, 15) is 4.79 Å². The SMILES string of the molecule is CO[C@@H](Cc1ccc(O[C@@H]2CC[C@@H](Oc3ccc(-c4ccccc4)cc3)C2)cc1)C(=O)O. The number of hydrogen-bond donors (Lipinski definition) is 1. The average Bonchev–Trinajstić information content (AvgIpc) is 3.26. The Labute approximate surface area is 188 Å². The highest BCUT2D eigenvalue weighted by molar-refractivity contribution is 5.72. The van der Waals surface area contributed by atoms with Crippen LogP contribution in [-0.4, -0.2) is 36.5 Å². The first-order valence-electron chi connectivity index (χ1n) is 10.9. The van der Waals surface area contributed by atoms with Crippen molar-refractivity contribution in [1.82, 2.24) is 0 Å². The van der Waals surface area contributed by atoms with Gasteiger partial charge in [-0.2, -0.15) is 0 Å². The fourth-order valence-corrected chi connectivity index (χ4v) is 4.05. The van der Waals surface area contributed by atoms with E-state index in [4.69, 9.17) is 19.3 Å². The van der Waals surface area contributed by atoms with E-state index < -0.39 is 12.1 Å². The largest absolute Gasteiger partial charge is 0.490 e. The third-order valence-electron chi connectivity index (χ3n) is 5.81. The number of carboxylic acids is 1. The highest BCUT2D eigenvalue weighted by Crippen LogP contribution is 2.29. The molecule has 1 aliphatic rings. The molecule has 0 spiro atoms. The van der Waals surface area contributed by atoms with Gasteiger partial charge in [-0.25, -0.2) is 4.79 Å². The summed E-state index contributed by atoms with van der Waals surface area (Å²) in [6.07, 6.45) is 2.48. The molecule has 3 aromatic rings. The summed E-state index contributed by atoms with van der Waals surface area (Å²) in [7, 11) is 1.41. The van der Waals surface area contributed by atoms with Crippen molar-refractivity contribution in [2.45, 2.75) is 44.0 Å². The monoisotopic (exact) mass is 432 g/mol. The second-order valence-electron chi connectivity index (χ2n) is 8.09. The summed E-state index contributed by atoms with van der Waals surface area (Å²) in [6, 6.07) is 26.1. The number of hydrogen-bond acceptors (Lipinski definition) is 4. The van der Waals surface area contributed by atoms with E-state index in [-0.39, 0.29) is 12.2 Å². The third-order valence-corrected chi connectivity index (χ3v) is 5.81. The zero-order valence-electron chi connectivity index (χ0n) is 18.1. The Balaban J connectivity index is 1.27. The normalized spacial score (nSPS) is 18.8. The van der Waals surface area contributed by atoms with Crippen LogP contribution in [-0.2, 0) is 16.0 Å². The van der Waals surface area contributed by atoms with Crippen LogP contribution in [0.25, 0.3) is 11.1 Å². The molecule has 0 amide bonds. The maximum absolute atomic E-state index is 11.1. The Kier molecular flexibility index (Phi) is 7.07. The van der Waals surface area contributed by atoms with Gasteiger partial charge in [0.15, 0.2) is 6.10 Å². The Morgan fingerprint density at radius 2 is 1.38 bits per heavy atom. The van der Waals surface area contributed by atoms with E-state index in [0.29, 0.717) is 6.42 Å². The maximum Gasteiger partial charge on any atom is 0.333 e. The van der Waals surface area contributed by atoms with Crippen molar-refractivity contribution >= 4 is 5.97 Å². The third kappa shape index (κ3) is 5.68. The maximum atomic E-state index is 11.1. The molecule has 0 heterocycles. The van der Waals surface area contributed by atoms with E-state index >= 15 is 0 Å². The van der Waals surface area contributed by atoms with Crippen LogP contribution < -0.4 is 9.47 Å². The Hall–Kier alpha value is -3.31. The standard InChI is InChI=1S/C27H28O5/c1-30-26(27(28)29)17-19-7-11-22(12-8-19)31-24-15-16-25(18-24)32-23-13-9-21(10-14-23)20-5-3-2-4-6-20/h2-14,24-26H,15-18H2,1H3,(H,28,29)/t24-,25-,26+/m1/s1. The van der Waals surface area contributed by atoms with Gasteiger partial charge in [0.2, 0.25) is 0 Å². The lowest BCUT2D eigenvalue weighted by Crippen LogP contribution is -2.24. The van der Waals surface area contributed by atoms with Crippen molar-refractivity contribution in [2.24, 2.45) is 0 Å². The minimum Gasteiger partial charge on any atom is -0.490 e. The molecule has 1 saturated carbocycles. The van der Waals surface area contributed by atoms with Crippen molar-refractivity contribution in [3.05, 3.63) is 84.4 Å². The van der Waals surface area contributed by atoms with Gasteiger partial charge in [-0.3, -0.25) is 0 Å². The molecule has 4 rings (SSSR count). The van der Waals surface area contributed by atoms with Crippen molar-refractivity contribution in [1.29, 1.82) is 0 Å². The first-order valence-corrected chi connectivity index (χ1v) is 10.9. The second kappa shape index (κ2) is 10.3. The van der Waals surface area contributed by atoms with Crippen LogP contribution in [0.4, 0.5) is 0 Å². The predicted molar refractivity (Wildman–Crippen MR) is 123 cm³/mol. The van der Waals surface area contributed by atoms with Crippen molar-refractivity contribution in [3.63, 3.8) is 0 Å². The first-order chi connectivity index (χ1) is 15.6. The lowest BCUT2D eigenvalue weighted by Gasteiger charge is -2.16. The lowest BCUT2D eigenvalue weighted by molar-refractivity contribution is -0.148. The van der Waals surface area contributed by atoms with Crippen molar-refractivity contribution in [2.75, 3.05) is 7.11 Å². The molecular formula is C27H28O5. The van der Waals surface area contributed by atoms with Gasteiger partial charge in [0.25, 0.3) is 0 Å². The molecule has 3 aromatic carbocycles. The number of aliphatic carboxylic acids is 1. The molecule has 166 valence electrons. The highest BCUT2D eigenvalue weighted by atomic mass is 16.5. The van der Waals surface area contributed by atoms with Crippen LogP contribution >= 0.6 is 0 Å². The van der Waals surface area contributed by atoms with Crippen LogP contribution in [0.2, 0.25) is 0 Å². The zero-order valence-corrected chi connectivity index (χ0v) is 18.1. The number of carboxylic acid groups (broad SMARTS) is 1. The molecule has 0 aliphatic heterocycles. The molecule has 0 saturated heterocycles. The molecule has 0 radical (unpaired) electrons. The molecular weight excluding hydrogens is 404 g/mol. The Morgan fingerprint density at radius 1 is 0.844 bits per heavy atom. The highest BCUT2D eigenvalue weighted by Gasteiger charge is 2.27. The number of ether oxygens (including phenoxy) is 3. The molecule has 1 aliphatic carbocycles. The average molecular weight is 433 g/mol. The summed E-state index contributed by atoms with van der Waals surface area (Å²) in [5, 5.41) is 9.11. The number of methoxy groups -OCH3 is 1. The van der Waals surface area contributed by atoms with Gasteiger partial charge in [0.1, 0.15) is 23.7 Å². The topological polar surface area (TPSA) is 65.0 Å². The van der Waals surface area contributed by atoms with E-state index in [0.717, 1.165) is 36.3 Å². The molecule has 0 unspecified atom stereocenters. The van der Waals surface area contributed by atoms with Crippen molar-refractivity contribution < 1.29 is 24.1 Å². The number of benzene rings is 3. The molecule has 0 aromatic heterocycles. The second-order valence-corrected chi connectivity index (χ2v) is 8.09. The summed E-state index contributed by atoms with van der Waals surface area (Å²) >= 11 is 0. The van der Waals surface area contributed by atoms with Gasteiger partial charge >= 0.3 is 5.97 Å². The summed E-state index contributed by atoms with van der Waals surface area (Å²) in [6.45, 7) is 0. The summed E-state index contributed by atoms with van der Waals surface area (Å²) in [5.74, 6) is 0.709. The smallest absolute Gasteiger partial charge is 0.333 e. The molecule has 3 atom stereocenters. The number of rotatable bonds is 9. The van der Waals surface area contributed by atoms with Crippen LogP contribution in [0.1, 0.15) is 24.8 Å². The lowest BCUT2D eigenvalue weighted by atomic mass is 10.1. The summed E-state index contributed by atoms with van der Waals surface area (Å²) in [4.78, 5) is 11.1. The van der Waals surface area contributed by atoms with Gasteiger partial charge in [-0.1, -0.05) is 54.6 Å². The van der Waals surface area contributed by atoms with E-state index in [1.807, 2.05) is 54.6 Å². The van der Waals surface area contributed by atoms with E-state index in [2.05, 4.69) is 24.3 Å². The zero-order chi connectivity index (χ0) is 22.3. The van der Waals surface area contributed by atoms with Gasteiger partial charge in [0.05, 0.1) is 0 Å². The van der Waals surface area contributed by atoms with Gasteiger partial charge in [-0.15, -0.1) is 0 Å². The molecule has 5 nitrogen and oxygen atoms in total. The molecule has 1 N–H and O–H groups in total. The fourth-order valence-electron chi connectivity index (χ4n) is 4.05. The molecule has 0 bridgehead atoms. The van der Waals surface area contributed by atoms with E-state index in [1.54, 1.807) is 0 Å². The first kappa shape index (κ1) is 21.9. The minimum absolute atomic E-state index is 0.111. The molecule has 5 heteroatoms. The Bertz CT molecular complexity index is 998. The van der Waals surface area contributed by atoms with Gasteiger partial charge in [-0.05, 0) is 53.8 Å². The van der Waals surface area contributed by atoms with Crippen LogP contribution in [0.3, 0.4) is 0 Å². The van der Waals surface area contributed by atoms with Gasteiger partial charge in [0, 0.05) is 20.0 Å². The molecule has 1 fully saturated rings. The van der Waals surface area contributed by atoms with E-state index in [1.165, 1.54) is 18.2 Å². The summed E-state index contributed by atoms with van der Waals surface area (Å²) in [5.41, 5.74) is 3.27. The van der Waals surface area contributed by atoms with Crippen LogP contribution in [0.15, 0.2) is 78.9 Å². The van der Waals surface area contributed by atoms with Crippen molar-refractivity contribution in [3.8, 4) is 22.6 Å². The minimum atomic E-state index is -0.959. The van der Waals surface area contributed by atoms with Crippen LogP contribution in [0.5, 0.6) is 11.5 Å². The fraction of sp³-hybridized carbons (Fsp3) is 0.296. The van der Waals surface area contributed by atoms with Crippen LogP contribution in [0, 0.1) is 0 Å². The quantitative estimate of drug-likeness (QED) is 0.492. The molecule has 32 heavy (non-hydrogen) atoms. The Morgan fingerprint density at radius 3 is 1.91 bits per heavy atom. The number of carbonyl (C=O) groups is 1. The van der Waals surface area contributed by atoms with Gasteiger partial charge < -0.3 is 19.3 Å². The predicted octanol–water partition coefficient (Wildman–Crippen LogP) is 5.37. The summed E-state index contributed by atoms with van der Waals surface area (Å²) < 4.78 is 17.3.